The standard InChI is InChI=1S/C8H10BrNS/c1-5-4-11-7(6(5)9)8(10)2-3-8/h4H,2-3,10H2,1H3. The summed E-state index contributed by atoms with van der Waals surface area (Å²) >= 11 is 5.33. The lowest BCUT2D eigenvalue weighted by Crippen LogP contribution is -2.17. The van der Waals surface area contributed by atoms with Gasteiger partial charge in [-0.2, -0.15) is 0 Å². The third-order valence-electron chi connectivity index (χ3n) is 2.14. The number of halogens is 1. The zero-order valence-corrected chi connectivity index (χ0v) is 8.76. The van der Waals surface area contributed by atoms with Crippen molar-refractivity contribution in [3.63, 3.8) is 0 Å². The summed E-state index contributed by atoms with van der Waals surface area (Å²) in [5.74, 6) is 0. The summed E-state index contributed by atoms with van der Waals surface area (Å²) in [5, 5.41) is 2.16. The summed E-state index contributed by atoms with van der Waals surface area (Å²) in [5.41, 5.74) is 7.40. The monoisotopic (exact) mass is 231 g/mol. The lowest BCUT2D eigenvalue weighted by molar-refractivity contribution is 0.754. The summed E-state index contributed by atoms with van der Waals surface area (Å²) in [6.45, 7) is 2.11. The maximum atomic E-state index is 6.06. The highest BCUT2D eigenvalue weighted by Gasteiger charge is 2.42. The molecule has 0 bridgehead atoms. The molecule has 1 aromatic heterocycles. The minimum absolute atomic E-state index is 0.0256. The van der Waals surface area contributed by atoms with E-state index in [9.17, 15) is 0 Å². The Balaban J connectivity index is 2.45. The van der Waals surface area contributed by atoms with E-state index in [-0.39, 0.29) is 5.54 Å². The van der Waals surface area contributed by atoms with Gasteiger partial charge in [0.25, 0.3) is 0 Å². The molecule has 2 N–H and O–H groups in total. The van der Waals surface area contributed by atoms with Gasteiger partial charge in [0.15, 0.2) is 0 Å². The van der Waals surface area contributed by atoms with Gasteiger partial charge in [-0.15, -0.1) is 11.3 Å². The number of thiophene rings is 1. The molecule has 11 heavy (non-hydrogen) atoms. The number of hydrogen-bond acceptors (Lipinski definition) is 2. The summed E-state index contributed by atoms with van der Waals surface area (Å²) in [6.07, 6.45) is 2.29. The minimum atomic E-state index is 0.0256. The van der Waals surface area contributed by atoms with Crippen molar-refractivity contribution in [2.45, 2.75) is 25.3 Å². The van der Waals surface area contributed by atoms with Gasteiger partial charge in [-0.05, 0) is 46.6 Å². The third-order valence-corrected chi connectivity index (χ3v) is 4.74. The molecule has 1 aliphatic carbocycles. The Morgan fingerprint density at radius 3 is 2.64 bits per heavy atom. The van der Waals surface area contributed by atoms with E-state index in [1.54, 1.807) is 11.3 Å². The highest BCUT2D eigenvalue weighted by atomic mass is 79.9. The fourth-order valence-electron chi connectivity index (χ4n) is 1.13. The maximum absolute atomic E-state index is 6.06. The second-order valence-electron chi connectivity index (χ2n) is 3.22. The van der Waals surface area contributed by atoms with Crippen LogP contribution in [0.4, 0.5) is 0 Å². The van der Waals surface area contributed by atoms with Crippen LogP contribution in [0.15, 0.2) is 9.85 Å². The molecule has 60 valence electrons. The van der Waals surface area contributed by atoms with E-state index in [4.69, 9.17) is 5.73 Å². The molecule has 0 spiro atoms. The molecule has 0 saturated heterocycles. The third kappa shape index (κ3) is 1.15. The highest BCUT2D eigenvalue weighted by Crippen LogP contribution is 2.48. The highest BCUT2D eigenvalue weighted by molar-refractivity contribution is 9.10. The van der Waals surface area contributed by atoms with Crippen LogP contribution >= 0.6 is 27.3 Å². The van der Waals surface area contributed by atoms with Crippen molar-refractivity contribution in [1.82, 2.24) is 0 Å². The Hall–Kier alpha value is 0.140. The first-order chi connectivity index (χ1) is 5.13. The van der Waals surface area contributed by atoms with Gasteiger partial charge < -0.3 is 5.73 Å². The summed E-state index contributed by atoms with van der Waals surface area (Å²) < 4.78 is 1.22. The van der Waals surface area contributed by atoms with Gasteiger partial charge in [0.2, 0.25) is 0 Å². The summed E-state index contributed by atoms with van der Waals surface area (Å²) in [7, 11) is 0. The SMILES string of the molecule is Cc1csc(C2(N)CC2)c1Br. The molecule has 0 amide bonds. The molecule has 0 aromatic carbocycles. The second-order valence-corrected chi connectivity index (χ2v) is 4.89. The predicted molar refractivity (Wildman–Crippen MR) is 51.9 cm³/mol. The van der Waals surface area contributed by atoms with Gasteiger partial charge in [-0.25, -0.2) is 0 Å². The predicted octanol–water partition coefficient (Wildman–Crippen LogP) is 2.77. The van der Waals surface area contributed by atoms with E-state index in [2.05, 4.69) is 28.2 Å². The van der Waals surface area contributed by atoms with E-state index in [1.165, 1.54) is 14.9 Å². The second kappa shape index (κ2) is 2.31. The molecule has 0 radical (unpaired) electrons. The smallest absolute Gasteiger partial charge is 0.0516 e. The number of nitrogens with two attached hydrogens (primary N) is 1. The molecule has 1 aromatic rings. The molecule has 1 fully saturated rings. The van der Waals surface area contributed by atoms with E-state index in [0.29, 0.717) is 0 Å². The molecule has 1 nitrogen and oxygen atoms in total. The lowest BCUT2D eigenvalue weighted by Gasteiger charge is -2.05. The van der Waals surface area contributed by atoms with Crippen LogP contribution in [-0.4, -0.2) is 0 Å². The van der Waals surface area contributed by atoms with Crippen LogP contribution in [0.2, 0.25) is 0 Å². The fourth-order valence-corrected chi connectivity index (χ4v) is 3.18. The average Bonchev–Trinajstić information content (AvgIpc) is 2.60. The van der Waals surface area contributed by atoms with Crippen LogP contribution in [0.1, 0.15) is 23.3 Å². The first-order valence-corrected chi connectivity index (χ1v) is 5.34. The van der Waals surface area contributed by atoms with Crippen molar-refractivity contribution < 1.29 is 0 Å². The van der Waals surface area contributed by atoms with Crippen LogP contribution in [0, 0.1) is 6.92 Å². The van der Waals surface area contributed by atoms with Crippen molar-refractivity contribution in [2.75, 3.05) is 0 Å². The summed E-state index contributed by atoms with van der Waals surface area (Å²) in [6, 6.07) is 0. The van der Waals surface area contributed by atoms with Gasteiger partial charge >= 0.3 is 0 Å². The molecular weight excluding hydrogens is 222 g/mol. The molecule has 0 unspecified atom stereocenters. The van der Waals surface area contributed by atoms with Crippen LogP contribution < -0.4 is 5.73 Å². The quantitative estimate of drug-likeness (QED) is 0.791. The zero-order valence-electron chi connectivity index (χ0n) is 6.36. The number of aryl methyl sites for hydroxylation is 1. The molecule has 1 aliphatic rings. The molecular formula is C8H10BrNS. The molecule has 1 heterocycles. The maximum Gasteiger partial charge on any atom is 0.0516 e. The Bertz CT molecular complexity index is 288. The molecule has 0 atom stereocenters. The molecule has 2 rings (SSSR count). The Kier molecular flexibility index (Phi) is 1.63. The van der Waals surface area contributed by atoms with E-state index < -0.39 is 0 Å². The van der Waals surface area contributed by atoms with E-state index >= 15 is 0 Å². The average molecular weight is 232 g/mol. The van der Waals surface area contributed by atoms with Crippen LogP contribution in [0.25, 0.3) is 0 Å². The van der Waals surface area contributed by atoms with Crippen molar-refractivity contribution in [3.8, 4) is 0 Å². The van der Waals surface area contributed by atoms with Crippen molar-refractivity contribution >= 4 is 27.3 Å². The van der Waals surface area contributed by atoms with E-state index in [0.717, 1.165) is 12.8 Å². The van der Waals surface area contributed by atoms with Crippen LogP contribution in [0.5, 0.6) is 0 Å². The van der Waals surface area contributed by atoms with Gasteiger partial charge in [0.1, 0.15) is 0 Å². The Morgan fingerprint density at radius 1 is 1.64 bits per heavy atom. The van der Waals surface area contributed by atoms with Crippen LogP contribution in [-0.2, 0) is 5.54 Å². The van der Waals surface area contributed by atoms with Crippen molar-refractivity contribution in [3.05, 3.63) is 20.3 Å². The lowest BCUT2D eigenvalue weighted by atomic mass is 10.2. The first kappa shape index (κ1) is 7.77. The van der Waals surface area contributed by atoms with Gasteiger partial charge in [-0.3, -0.25) is 0 Å². The van der Waals surface area contributed by atoms with Gasteiger partial charge in [0.05, 0.1) is 5.54 Å². The topological polar surface area (TPSA) is 26.0 Å². The minimum Gasteiger partial charge on any atom is -0.321 e. The Labute approximate surface area is 78.7 Å². The number of rotatable bonds is 1. The fraction of sp³-hybridized carbons (Fsp3) is 0.500. The summed E-state index contributed by atoms with van der Waals surface area (Å²) in [4.78, 5) is 1.33. The van der Waals surface area contributed by atoms with Crippen LogP contribution in [0.3, 0.4) is 0 Å². The molecule has 0 aliphatic heterocycles. The Morgan fingerprint density at radius 2 is 2.27 bits per heavy atom. The normalized spacial score (nSPS) is 20.3. The molecule has 3 heteroatoms. The van der Waals surface area contributed by atoms with E-state index in [1.807, 2.05) is 0 Å². The molecule has 1 saturated carbocycles. The number of hydrogen-bond donors (Lipinski definition) is 1. The van der Waals surface area contributed by atoms with Crippen molar-refractivity contribution in [2.24, 2.45) is 5.73 Å². The van der Waals surface area contributed by atoms with Gasteiger partial charge in [-0.1, -0.05) is 0 Å². The first-order valence-electron chi connectivity index (χ1n) is 3.66. The zero-order chi connectivity index (χ0) is 8.06. The van der Waals surface area contributed by atoms with Crippen molar-refractivity contribution in [1.29, 1.82) is 0 Å². The largest absolute Gasteiger partial charge is 0.321 e. The van der Waals surface area contributed by atoms with Gasteiger partial charge in [0, 0.05) is 9.35 Å².